The van der Waals surface area contributed by atoms with Gasteiger partial charge in [0.25, 0.3) is 0 Å². The minimum atomic E-state index is -0.448. The summed E-state index contributed by atoms with van der Waals surface area (Å²) in [5.74, 6) is 0.103. The predicted octanol–water partition coefficient (Wildman–Crippen LogP) is 2.23. The number of carbonyl (C=O) groups excluding carboxylic acids is 1. The van der Waals surface area contributed by atoms with E-state index in [1.807, 2.05) is 27.7 Å². The molecule has 0 unspecified atom stereocenters. The van der Waals surface area contributed by atoms with Crippen LogP contribution in [0, 0.1) is 0 Å². The van der Waals surface area contributed by atoms with Crippen LogP contribution in [0.3, 0.4) is 0 Å². The van der Waals surface area contributed by atoms with Crippen LogP contribution in [0.4, 0.5) is 5.82 Å². The van der Waals surface area contributed by atoms with Gasteiger partial charge in [0.2, 0.25) is 5.82 Å². The maximum absolute atomic E-state index is 11.1. The monoisotopic (exact) mass is 229 g/mol. The third-order valence-electron chi connectivity index (χ3n) is 1.35. The number of aromatic nitrogens is 2. The Balaban J connectivity index is 0. The fourth-order valence-electron chi connectivity index (χ4n) is 0.875. The molecule has 0 amide bonds. The highest BCUT2D eigenvalue weighted by atomic mass is 16.5. The van der Waals surface area contributed by atoms with E-state index in [1.165, 1.54) is 4.57 Å². The van der Waals surface area contributed by atoms with E-state index in [-0.39, 0.29) is 5.82 Å². The van der Waals surface area contributed by atoms with Gasteiger partial charge in [-0.05, 0) is 6.92 Å². The van der Waals surface area contributed by atoms with Crippen LogP contribution >= 0.6 is 0 Å². The van der Waals surface area contributed by atoms with Crippen molar-refractivity contribution in [2.45, 2.75) is 34.6 Å². The van der Waals surface area contributed by atoms with Crippen LogP contribution in [-0.2, 0) is 11.8 Å². The van der Waals surface area contributed by atoms with Crippen LogP contribution < -0.4 is 5.73 Å². The lowest BCUT2D eigenvalue weighted by molar-refractivity contribution is 0.0508. The fraction of sp³-hybridized carbons (Fsp3) is 0.636. The van der Waals surface area contributed by atoms with Crippen LogP contribution in [0.1, 0.15) is 45.2 Å². The molecule has 0 spiro atoms. The van der Waals surface area contributed by atoms with Gasteiger partial charge in [-0.3, -0.25) is 0 Å². The van der Waals surface area contributed by atoms with Gasteiger partial charge in [-0.2, -0.15) is 0 Å². The molecule has 0 aliphatic carbocycles. The van der Waals surface area contributed by atoms with Crippen LogP contribution in [0.25, 0.3) is 0 Å². The first-order valence-electron chi connectivity index (χ1n) is 5.61. The third kappa shape index (κ3) is 5.38. The summed E-state index contributed by atoms with van der Waals surface area (Å²) in [4.78, 5) is 14.9. The summed E-state index contributed by atoms with van der Waals surface area (Å²) in [5.41, 5.74) is 5.37. The molecule has 1 rings (SSSR count). The maximum atomic E-state index is 11.1. The number of nitrogens with zero attached hydrogens (tertiary/aromatic N) is 2. The van der Waals surface area contributed by atoms with Gasteiger partial charge >= 0.3 is 5.97 Å². The van der Waals surface area contributed by atoms with E-state index in [9.17, 15) is 4.79 Å². The van der Waals surface area contributed by atoms with Crippen molar-refractivity contribution in [2.24, 2.45) is 7.05 Å². The lowest BCUT2D eigenvalue weighted by Gasteiger charge is -1.99. The van der Waals surface area contributed by atoms with Gasteiger partial charge in [0.05, 0.1) is 6.61 Å². The van der Waals surface area contributed by atoms with Crippen molar-refractivity contribution in [1.29, 1.82) is 0 Å². The molecule has 0 aliphatic rings. The van der Waals surface area contributed by atoms with Crippen LogP contribution in [0.15, 0.2) is 6.20 Å². The van der Waals surface area contributed by atoms with E-state index in [2.05, 4.69) is 4.98 Å². The molecule has 1 aromatic rings. The minimum Gasteiger partial charge on any atom is -0.460 e. The lowest BCUT2D eigenvalue weighted by Crippen LogP contribution is -2.10. The molecular weight excluding hydrogens is 206 g/mol. The first kappa shape index (κ1) is 16.9. The van der Waals surface area contributed by atoms with Gasteiger partial charge in [-0.15, -0.1) is 0 Å². The van der Waals surface area contributed by atoms with Crippen molar-refractivity contribution in [3.63, 3.8) is 0 Å². The molecule has 0 atom stereocenters. The molecule has 5 nitrogen and oxygen atoms in total. The first-order valence-corrected chi connectivity index (χ1v) is 5.61. The van der Waals surface area contributed by atoms with Crippen LogP contribution in [-0.4, -0.2) is 22.1 Å². The molecular formula is C11H23N3O2. The largest absolute Gasteiger partial charge is 0.460 e. The molecule has 0 aliphatic heterocycles. The highest BCUT2D eigenvalue weighted by Crippen LogP contribution is 2.03. The molecule has 0 bridgehead atoms. The second-order valence-corrected chi connectivity index (χ2v) is 2.32. The quantitative estimate of drug-likeness (QED) is 0.789. The molecule has 94 valence electrons. The summed E-state index contributed by atoms with van der Waals surface area (Å²) in [6, 6.07) is 0. The molecule has 0 fully saturated rings. The van der Waals surface area contributed by atoms with Crippen molar-refractivity contribution < 1.29 is 9.53 Å². The zero-order valence-electron chi connectivity index (χ0n) is 11.1. The van der Waals surface area contributed by atoms with E-state index in [4.69, 9.17) is 10.5 Å². The van der Waals surface area contributed by atoms with E-state index in [0.29, 0.717) is 12.4 Å². The average Bonchev–Trinajstić information content (AvgIpc) is 2.64. The smallest absolute Gasteiger partial charge is 0.374 e. The van der Waals surface area contributed by atoms with Crippen molar-refractivity contribution in [3.05, 3.63) is 12.0 Å². The molecule has 0 aromatic carbocycles. The first-order chi connectivity index (χ1) is 7.65. The number of carbonyl (C=O) groups is 1. The highest BCUT2D eigenvalue weighted by Gasteiger charge is 2.12. The summed E-state index contributed by atoms with van der Waals surface area (Å²) < 4.78 is 6.28. The number of aryl methyl sites for hydroxylation is 1. The summed E-state index contributed by atoms with van der Waals surface area (Å²) >= 11 is 0. The maximum Gasteiger partial charge on any atom is 0.374 e. The Morgan fingerprint density at radius 2 is 1.94 bits per heavy atom. The van der Waals surface area contributed by atoms with E-state index in [1.54, 1.807) is 20.2 Å². The number of hydrogen-bond acceptors (Lipinski definition) is 4. The molecule has 0 saturated carbocycles. The number of ether oxygens (including phenoxy) is 1. The standard InChI is InChI=1S/C7H11N3O2.2C2H6/c1-3-12-7(11)6-9-5(8)4-10(6)2;2*1-2/h4H,3,8H2,1-2H3;2*1-2H3. The second kappa shape index (κ2) is 10.0. The Kier molecular flexibility index (Phi) is 10.6. The van der Waals surface area contributed by atoms with Crippen molar-refractivity contribution >= 4 is 11.8 Å². The molecule has 5 heteroatoms. The number of rotatable bonds is 2. The van der Waals surface area contributed by atoms with Gasteiger partial charge in [0.15, 0.2) is 0 Å². The molecule has 2 N–H and O–H groups in total. The minimum absolute atomic E-state index is 0.231. The zero-order chi connectivity index (χ0) is 13.1. The predicted molar refractivity (Wildman–Crippen MR) is 66.3 cm³/mol. The van der Waals surface area contributed by atoms with Crippen LogP contribution in [0.5, 0.6) is 0 Å². The number of hydrogen-bond donors (Lipinski definition) is 1. The van der Waals surface area contributed by atoms with Crippen molar-refractivity contribution in [1.82, 2.24) is 9.55 Å². The fourth-order valence-corrected chi connectivity index (χ4v) is 0.875. The second-order valence-electron chi connectivity index (χ2n) is 2.32. The van der Waals surface area contributed by atoms with Gasteiger partial charge in [0, 0.05) is 13.2 Å². The molecule has 0 radical (unpaired) electrons. The molecule has 1 heterocycles. The molecule has 16 heavy (non-hydrogen) atoms. The Labute approximate surface area is 97.6 Å². The third-order valence-corrected chi connectivity index (χ3v) is 1.35. The Morgan fingerprint density at radius 3 is 2.25 bits per heavy atom. The summed E-state index contributed by atoms with van der Waals surface area (Å²) in [7, 11) is 1.69. The van der Waals surface area contributed by atoms with E-state index in [0.717, 1.165) is 0 Å². The Bertz CT molecular complexity index is 295. The van der Waals surface area contributed by atoms with Crippen molar-refractivity contribution in [3.8, 4) is 0 Å². The van der Waals surface area contributed by atoms with Crippen LogP contribution in [0.2, 0.25) is 0 Å². The summed E-state index contributed by atoms with van der Waals surface area (Å²) in [6.45, 7) is 10.1. The number of anilines is 1. The number of imidazole rings is 1. The van der Waals surface area contributed by atoms with Gasteiger partial charge in [-0.1, -0.05) is 27.7 Å². The summed E-state index contributed by atoms with van der Waals surface area (Å²) in [5, 5.41) is 0. The number of nitrogens with two attached hydrogens (primary N) is 1. The van der Waals surface area contributed by atoms with E-state index < -0.39 is 5.97 Å². The zero-order valence-corrected chi connectivity index (χ0v) is 11.1. The molecule has 0 saturated heterocycles. The van der Waals surface area contributed by atoms with Gasteiger partial charge < -0.3 is 15.0 Å². The normalized spacial score (nSPS) is 8.12. The topological polar surface area (TPSA) is 70.1 Å². The number of esters is 1. The average molecular weight is 229 g/mol. The molecule has 1 aromatic heterocycles. The lowest BCUT2D eigenvalue weighted by atomic mass is 10.6. The summed E-state index contributed by atoms with van der Waals surface area (Å²) in [6.07, 6.45) is 1.56. The Hall–Kier alpha value is -1.52. The van der Waals surface area contributed by atoms with E-state index >= 15 is 0 Å². The SMILES string of the molecule is CC.CC.CCOC(=O)c1nc(N)cn1C. The highest BCUT2D eigenvalue weighted by molar-refractivity contribution is 5.86. The number of nitrogen functional groups attached to an aromatic ring is 1. The van der Waals surface area contributed by atoms with Gasteiger partial charge in [-0.25, -0.2) is 9.78 Å². The van der Waals surface area contributed by atoms with Gasteiger partial charge in [0.1, 0.15) is 5.82 Å². The Morgan fingerprint density at radius 1 is 1.44 bits per heavy atom. The van der Waals surface area contributed by atoms with Crippen molar-refractivity contribution in [2.75, 3.05) is 12.3 Å².